The molecular formula is C12H23IN4S2. The van der Waals surface area contributed by atoms with Crippen molar-refractivity contribution in [1.29, 1.82) is 0 Å². The Bertz CT molecular complexity index is 360. The Kier molecular flexibility index (Phi) is 9.81. The summed E-state index contributed by atoms with van der Waals surface area (Å²) in [7, 11) is 1.80. The molecule has 1 aromatic rings. The molecule has 0 radical (unpaired) electrons. The van der Waals surface area contributed by atoms with Crippen molar-refractivity contribution in [3.63, 3.8) is 0 Å². The molecule has 0 aliphatic heterocycles. The lowest BCUT2D eigenvalue weighted by molar-refractivity contribution is 0.501. The molecule has 0 atom stereocenters. The summed E-state index contributed by atoms with van der Waals surface area (Å²) in [6, 6.07) is 0. The van der Waals surface area contributed by atoms with Gasteiger partial charge in [-0.15, -0.1) is 35.3 Å². The van der Waals surface area contributed by atoms with Crippen molar-refractivity contribution in [2.24, 2.45) is 4.99 Å². The maximum Gasteiger partial charge on any atom is 0.191 e. The third-order valence-electron chi connectivity index (χ3n) is 1.97. The van der Waals surface area contributed by atoms with E-state index in [0.29, 0.717) is 0 Å². The van der Waals surface area contributed by atoms with Gasteiger partial charge in [-0.25, -0.2) is 4.98 Å². The number of thioether (sulfide) groups is 1. The van der Waals surface area contributed by atoms with Crippen molar-refractivity contribution < 1.29 is 0 Å². The number of guanidine groups is 1. The zero-order valence-corrected chi connectivity index (χ0v) is 15.9. The van der Waals surface area contributed by atoms with Crippen LogP contribution >= 0.6 is 47.1 Å². The normalized spacial score (nSPS) is 11.9. The lowest BCUT2D eigenvalue weighted by atomic mass is 10.1. The van der Waals surface area contributed by atoms with E-state index in [0.717, 1.165) is 29.0 Å². The summed E-state index contributed by atoms with van der Waals surface area (Å²) in [5.41, 5.74) is 0.0392. The predicted octanol–water partition coefficient (Wildman–Crippen LogP) is 3.21. The van der Waals surface area contributed by atoms with E-state index in [1.807, 2.05) is 11.6 Å². The van der Waals surface area contributed by atoms with E-state index in [2.05, 4.69) is 41.4 Å². The molecule has 0 unspecified atom stereocenters. The van der Waals surface area contributed by atoms with Crippen LogP contribution in [-0.4, -0.2) is 35.8 Å². The molecule has 0 aliphatic carbocycles. The van der Waals surface area contributed by atoms with Crippen molar-refractivity contribution >= 4 is 53.0 Å². The van der Waals surface area contributed by atoms with Crippen LogP contribution in [0.1, 0.15) is 27.2 Å². The van der Waals surface area contributed by atoms with Gasteiger partial charge in [-0.2, -0.15) is 0 Å². The lowest BCUT2D eigenvalue weighted by Crippen LogP contribution is -2.47. The largest absolute Gasteiger partial charge is 0.356 e. The van der Waals surface area contributed by atoms with Crippen LogP contribution in [0.15, 0.2) is 20.9 Å². The molecule has 0 fully saturated rings. The van der Waals surface area contributed by atoms with Crippen LogP contribution < -0.4 is 10.6 Å². The highest BCUT2D eigenvalue weighted by Gasteiger charge is 2.11. The molecule has 2 N–H and O–H groups in total. The van der Waals surface area contributed by atoms with Crippen molar-refractivity contribution in [3.8, 4) is 0 Å². The average molecular weight is 414 g/mol. The van der Waals surface area contributed by atoms with Crippen molar-refractivity contribution in [3.05, 3.63) is 11.6 Å². The highest BCUT2D eigenvalue weighted by Crippen LogP contribution is 2.20. The first-order chi connectivity index (χ1) is 8.51. The summed E-state index contributed by atoms with van der Waals surface area (Å²) >= 11 is 3.50. The summed E-state index contributed by atoms with van der Waals surface area (Å²) in [6.45, 7) is 7.29. The molecule has 0 spiro atoms. The van der Waals surface area contributed by atoms with E-state index < -0.39 is 0 Å². The fourth-order valence-electron chi connectivity index (χ4n) is 1.25. The molecular weight excluding hydrogens is 391 g/mol. The topological polar surface area (TPSA) is 49.3 Å². The SMILES string of the molecule is CN=C(NCCCSc1nccs1)NC(C)(C)C.I. The van der Waals surface area contributed by atoms with E-state index in [-0.39, 0.29) is 29.5 Å². The van der Waals surface area contributed by atoms with E-state index in [1.165, 1.54) is 0 Å². The molecule has 0 aromatic carbocycles. The van der Waals surface area contributed by atoms with E-state index in [4.69, 9.17) is 0 Å². The summed E-state index contributed by atoms with van der Waals surface area (Å²) in [4.78, 5) is 8.44. The molecule has 1 aromatic heterocycles. The molecule has 4 nitrogen and oxygen atoms in total. The summed E-state index contributed by atoms with van der Waals surface area (Å²) in [5, 5.41) is 8.66. The summed E-state index contributed by atoms with van der Waals surface area (Å²) < 4.78 is 1.15. The smallest absolute Gasteiger partial charge is 0.191 e. The maximum atomic E-state index is 4.24. The molecule has 19 heavy (non-hydrogen) atoms. The van der Waals surface area contributed by atoms with Crippen LogP contribution in [0.3, 0.4) is 0 Å². The molecule has 0 amide bonds. The average Bonchev–Trinajstić information content (AvgIpc) is 2.78. The van der Waals surface area contributed by atoms with Gasteiger partial charge in [0.15, 0.2) is 5.96 Å². The van der Waals surface area contributed by atoms with Gasteiger partial charge in [0.25, 0.3) is 0 Å². The molecule has 110 valence electrons. The number of hydrogen-bond acceptors (Lipinski definition) is 4. The number of aliphatic imine (C=N–C) groups is 1. The second-order valence-corrected chi connectivity index (χ2v) is 7.11. The fraction of sp³-hybridized carbons (Fsp3) is 0.667. The highest BCUT2D eigenvalue weighted by atomic mass is 127. The molecule has 7 heteroatoms. The number of rotatable bonds is 5. The Morgan fingerprint density at radius 2 is 2.21 bits per heavy atom. The quantitative estimate of drug-likeness (QED) is 0.256. The second kappa shape index (κ2) is 9.82. The van der Waals surface area contributed by atoms with Gasteiger partial charge in [-0.05, 0) is 27.2 Å². The zero-order chi connectivity index (χ0) is 13.4. The molecule has 1 heterocycles. The summed E-state index contributed by atoms with van der Waals surface area (Å²) in [6.07, 6.45) is 2.94. The van der Waals surface area contributed by atoms with Crippen molar-refractivity contribution in [2.45, 2.75) is 37.1 Å². The Balaban J connectivity index is 0.00000324. The van der Waals surface area contributed by atoms with Crippen LogP contribution in [0.2, 0.25) is 0 Å². The molecule has 0 bridgehead atoms. The van der Waals surface area contributed by atoms with Crippen LogP contribution in [0.5, 0.6) is 0 Å². The number of aromatic nitrogens is 1. The van der Waals surface area contributed by atoms with Crippen LogP contribution in [-0.2, 0) is 0 Å². The lowest BCUT2D eigenvalue weighted by Gasteiger charge is -2.23. The number of nitrogens with one attached hydrogen (secondary N) is 2. The molecule has 0 saturated heterocycles. The van der Waals surface area contributed by atoms with Crippen molar-refractivity contribution in [2.75, 3.05) is 19.3 Å². The minimum Gasteiger partial charge on any atom is -0.356 e. The van der Waals surface area contributed by atoms with Gasteiger partial charge in [-0.1, -0.05) is 11.8 Å². The van der Waals surface area contributed by atoms with Crippen LogP contribution in [0.4, 0.5) is 0 Å². The Morgan fingerprint density at radius 3 is 2.74 bits per heavy atom. The Hall–Kier alpha value is -0.0200. The maximum absolute atomic E-state index is 4.24. The van der Waals surface area contributed by atoms with Crippen molar-refractivity contribution in [1.82, 2.24) is 15.6 Å². The molecule has 1 rings (SSSR count). The van der Waals surface area contributed by atoms with E-state index in [9.17, 15) is 0 Å². The number of thiazole rings is 1. The van der Waals surface area contributed by atoms with Gasteiger partial charge in [0.1, 0.15) is 4.34 Å². The van der Waals surface area contributed by atoms with Gasteiger partial charge >= 0.3 is 0 Å². The number of halogens is 1. The first-order valence-electron chi connectivity index (χ1n) is 6.02. The Labute approximate surface area is 141 Å². The van der Waals surface area contributed by atoms with Crippen LogP contribution in [0, 0.1) is 0 Å². The first kappa shape index (κ1) is 19.0. The minimum atomic E-state index is 0. The summed E-state index contributed by atoms with van der Waals surface area (Å²) in [5.74, 6) is 1.94. The highest BCUT2D eigenvalue weighted by molar-refractivity contribution is 14.0. The van der Waals surface area contributed by atoms with Gasteiger partial charge in [0, 0.05) is 36.5 Å². The van der Waals surface area contributed by atoms with Gasteiger partial charge < -0.3 is 10.6 Å². The molecule has 0 aliphatic rings. The Morgan fingerprint density at radius 1 is 1.47 bits per heavy atom. The van der Waals surface area contributed by atoms with Gasteiger partial charge in [0.05, 0.1) is 0 Å². The third-order valence-corrected chi connectivity index (χ3v) is 4.02. The predicted molar refractivity (Wildman–Crippen MR) is 97.1 cm³/mol. The zero-order valence-electron chi connectivity index (χ0n) is 11.9. The first-order valence-corrected chi connectivity index (χ1v) is 7.89. The van der Waals surface area contributed by atoms with Gasteiger partial charge in [0.2, 0.25) is 0 Å². The monoisotopic (exact) mass is 414 g/mol. The second-order valence-electron chi connectivity index (χ2n) is 4.87. The standard InChI is InChI=1S/C12H22N4S2.HI/c1-12(2,3)16-10(13-4)14-6-5-8-17-11-15-7-9-18-11;/h7,9H,5-6,8H2,1-4H3,(H2,13,14,16);1H. The molecule has 0 saturated carbocycles. The number of nitrogens with zero attached hydrogens (tertiary/aromatic N) is 2. The fourth-order valence-corrected chi connectivity index (χ4v) is 2.90. The van der Waals surface area contributed by atoms with E-state index in [1.54, 1.807) is 30.1 Å². The third kappa shape index (κ3) is 9.50. The number of hydrogen-bond donors (Lipinski definition) is 2. The van der Waals surface area contributed by atoms with Crippen LogP contribution in [0.25, 0.3) is 0 Å². The van der Waals surface area contributed by atoms with E-state index >= 15 is 0 Å². The van der Waals surface area contributed by atoms with Gasteiger partial charge in [-0.3, -0.25) is 4.99 Å². The minimum absolute atomic E-state index is 0.